The van der Waals surface area contributed by atoms with Gasteiger partial charge in [0.1, 0.15) is 23.7 Å². The number of benzene rings is 3. The molecule has 0 radical (unpaired) electrons. The molecular weight excluding hydrogens is 352 g/mol. The number of rotatable bonds is 5. The lowest BCUT2D eigenvalue weighted by Gasteiger charge is -2.11. The van der Waals surface area contributed by atoms with Gasteiger partial charge in [-0.3, -0.25) is 0 Å². The molecule has 0 unspecified atom stereocenters. The summed E-state index contributed by atoms with van der Waals surface area (Å²) in [5, 5.41) is 0.863. The van der Waals surface area contributed by atoms with Gasteiger partial charge in [-0.05, 0) is 53.9 Å². The second-order valence-corrected chi connectivity index (χ2v) is 6.55. The first-order valence-corrected chi connectivity index (χ1v) is 9.04. The van der Waals surface area contributed by atoms with Crippen LogP contribution in [-0.4, -0.2) is 7.11 Å². The highest BCUT2D eigenvalue weighted by Crippen LogP contribution is 2.29. The van der Waals surface area contributed by atoms with Gasteiger partial charge in [0.2, 0.25) is 0 Å². The lowest BCUT2D eigenvalue weighted by Crippen LogP contribution is -2.06. The lowest BCUT2D eigenvalue weighted by atomic mass is 9.99. The van der Waals surface area contributed by atoms with Crippen LogP contribution in [0.4, 0.5) is 0 Å². The van der Waals surface area contributed by atoms with E-state index in [0.29, 0.717) is 23.5 Å². The van der Waals surface area contributed by atoms with Gasteiger partial charge in [0.15, 0.2) is 0 Å². The Morgan fingerprint density at radius 2 is 1.71 bits per heavy atom. The normalized spacial score (nSPS) is 10.8. The fourth-order valence-electron chi connectivity index (χ4n) is 3.29. The molecule has 4 rings (SSSR count). The summed E-state index contributed by atoms with van der Waals surface area (Å²) in [6, 6.07) is 22.8. The molecule has 4 heteroatoms. The van der Waals surface area contributed by atoms with Gasteiger partial charge >= 0.3 is 5.63 Å². The predicted molar refractivity (Wildman–Crippen MR) is 110 cm³/mol. The Labute approximate surface area is 163 Å². The van der Waals surface area contributed by atoms with Crippen molar-refractivity contribution in [1.82, 2.24) is 0 Å². The molecule has 0 amide bonds. The molecule has 0 aliphatic carbocycles. The first kappa shape index (κ1) is 17.9. The minimum absolute atomic E-state index is 0.332. The van der Waals surface area contributed by atoms with E-state index in [9.17, 15) is 4.79 Å². The van der Waals surface area contributed by atoms with Crippen molar-refractivity contribution in [1.29, 1.82) is 0 Å². The second kappa shape index (κ2) is 7.61. The van der Waals surface area contributed by atoms with E-state index < -0.39 is 0 Å². The molecule has 0 spiro atoms. The fourth-order valence-corrected chi connectivity index (χ4v) is 3.29. The van der Waals surface area contributed by atoms with E-state index in [4.69, 9.17) is 13.9 Å². The summed E-state index contributed by atoms with van der Waals surface area (Å²) in [6.45, 7) is 2.36. The quantitative estimate of drug-likeness (QED) is 0.443. The van der Waals surface area contributed by atoms with Gasteiger partial charge in [-0.25, -0.2) is 4.79 Å². The van der Waals surface area contributed by atoms with Gasteiger partial charge in [0.25, 0.3) is 0 Å². The average Bonchev–Trinajstić information content (AvgIpc) is 2.73. The molecule has 1 aromatic heterocycles. The summed E-state index contributed by atoms with van der Waals surface area (Å²) in [6.07, 6.45) is 0. The Bertz CT molecular complexity index is 1180. The van der Waals surface area contributed by atoms with Gasteiger partial charge in [0, 0.05) is 5.39 Å². The molecule has 4 aromatic rings. The minimum atomic E-state index is -0.332. The van der Waals surface area contributed by atoms with Crippen LogP contribution in [0.15, 0.2) is 82.0 Å². The van der Waals surface area contributed by atoms with E-state index >= 15 is 0 Å². The zero-order chi connectivity index (χ0) is 19.5. The Hall–Kier alpha value is -3.53. The number of ether oxygens (including phenoxy) is 2. The predicted octanol–water partition coefficient (Wildman–Crippen LogP) is 5.36. The van der Waals surface area contributed by atoms with Gasteiger partial charge < -0.3 is 13.9 Å². The maximum atomic E-state index is 12.5. The van der Waals surface area contributed by atoms with Crippen LogP contribution < -0.4 is 15.1 Å². The zero-order valence-corrected chi connectivity index (χ0v) is 15.8. The molecule has 0 saturated heterocycles. The average molecular weight is 372 g/mol. The summed E-state index contributed by atoms with van der Waals surface area (Å²) < 4.78 is 16.8. The zero-order valence-electron chi connectivity index (χ0n) is 15.8. The molecule has 0 saturated carbocycles. The van der Waals surface area contributed by atoms with E-state index in [1.807, 2.05) is 73.7 Å². The van der Waals surface area contributed by atoms with E-state index in [0.717, 1.165) is 27.8 Å². The van der Waals surface area contributed by atoms with E-state index in [1.54, 1.807) is 13.2 Å². The lowest BCUT2D eigenvalue weighted by molar-refractivity contribution is 0.305. The van der Waals surface area contributed by atoms with Crippen LogP contribution >= 0.6 is 0 Å². The molecular formula is C24H20O4. The third-order valence-corrected chi connectivity index (χ3v) is 4.74. The molecule has 0 N–H and O–H groups in total. The van der Waals surface area contributed by atoms with Crippen LogP contribution in [-0.2, 0) is 6.61 Å². The van der Waals surface area contributed by atoms with E-state index in [-0.39, 0.29) is 5.63 Å². The molecule has 0 aliphatic rings. The van der Waals surface area contributed by atoms with Crippen LogP contribution in [0.3, 0.4) is 0 Å². The summed E-state index contributed by atoms with van der Waals surface area (Å²) in [5.74, 6) is 1.51. The third-order valence-electron chi connectivity index (χ3n) is 4.74. The standard InChI is InChI=1S/C24H20O4/c1-16-21-14-20(27-15-17-7-6-10-19(13-17)26-2)11-12-22(21)28-24(25)23(16)18-8-4-3-5-9-18/h3-14H,15H2,1-2H3. The number of aryl methyl sites for hydroxylation is 1. The number of fused-ring (bicyclic) bond motifs is 1. The van der Waals surface area contributed by atoms with E-state index in [1.165, 1.54) is 0 Å². The van der Waals surface area contributed by atoms with Crippen molar-refractivity contribution < 1.29 is 13.9 Å². The van der Waals surface area contributed by atoms with Crippen molar-refractivity contribution in [3.05, 3.63) is 94.3 Å². The van der Waals surface area contributed by atoms with Crippen molar-refractivity contribution in [3.63, 3.8) is 0 Å². The minimum Gasteiger partial charge on any atom is -0.497 e. The van der Waals surface area contributed by atoms with E-state index in [2.05, 4.69) is 0 Å². The third kappa shape index (κ3) is 3.49. The number of methoxy groups -OCH3 is 1. The van der Waals surface area contributed by atoms with Crippen molar-refractivity contribution in [2.45, 2.75) is 13.5 Å². The summed E-state index contributed by atoms with van der Waals surface area (Å²) >= 11 is 0. The molecule has 4 nitrogen and oxygen atoms in total. The monoisotopic (exact) mass is 372 g/mol. The molecule has 140 valence electrons. The molecule has 28 heavy (non-hydrogen) atoms. The van der Waals surface area contributed by atoms with Crippen molar-refractivity contribution in [3.8, 4) is 22.6 Å². The van der Waals surface area contributed by atoms with Crippen molar-refractivity contribution in [2.75, 3.05) is 7.11 Å². The maximum absolute atomic E-state index is 12.5. The molecule has 1 heterocycles. The van der Waals surface area contributed by atoms with Gasteiger partial charge in [-0.15, -0.1) is 0 Å². The SMILES string of the molecule is COc1cccc(COc2ccc3oc(=O)c(-c4ccccc4)c(C)c3c2)c1. The highest BCUT2D eigenvalue weighted by molar-refractivity contribution is 5.87. The van der Waals surface area contributed by atoms with Crippen molar-refractivity contribution in [2.24, 2.45) is 0 Å². The van der Waals surface area contributed by atoms with Gasteiger partial charge in [0.05, 0.1) is 12.7 Å². The molecule has 3 aromatic carbocycles. The summed E-state index contributed by atoms with van der Waals surface area (Å²) in [5.41, 5.74) is 3.54. The maximum Gasteiger partial charge on any atom is 0.344 e. The van der Waals surface area contributed by atoms with Crippen molar-refractivity contribution >= 4 is 11.0 Å². The van der Waals surface area contributed by atoms with Crippen LogP contribution in [0.2, 0.25) is 0 Å². The summed E-state index contributed by atoms with van der Waals surface area (Å²) in [7, 11) is 1.64. The molecule has 0 bridgehead atoms. The highest BCUT2D eigenvalue weighted by atomic mass is 16.5. The first-order chi connectivity index (χ1) is 13.7. The molecule has 0 fully saturated rings. The topological polar surface area (TPSA) is 48.7 Å². The second-order valence-electron chi connectivity index (χ2n) is 6.55. The van der Waals surface area contributed by atoms with Gasteiger partial charge in [-0.2, -0.15) is 0 Å². The molecule has 0 aliphatic heterocycles. The highest BCUT2D eigenvalue weighted by Gasteiger charge is 2.14. The van der Waals surface area contributed by atoms with Crippen LogP contribution in [0.5, 0.6) is 11.5 Å². The van der Waals surface area contributed by atoms with Crippen LogP contribution in [0.1, 0.15) is 11.1 Å². The van der Waals surface area contributed by atoms with Crippen LogP contribution in [0.25, 0.3) is 22.1 Å². The first-order valence-electron chi connectivity index (χ1n) is 9.04. The fraction of sp³-hybridized carbons (Fsp3) is 0.125. The van der Waals surface area contributed by atoms with Gasteiger partial charge in [-0.1, -0.05) is 42.5 Å². The Kier molecular flexibility index (Phi) is 4.85. The Balaban J connectivity index is 1.69. The molecule has 0 atom stereocenters. The Morgan fingerprint density at radius 3 is 2.50 bits per heavy atom. The largest absolute Gasteiger partial charge is 0.497 e. The van der Waals surface area contributed by atoms with Crippen LogP contribution in [0, 0.1) is 6.92 Å². The Morgan fingerprint density at radius 1 is 0.893 bits per heavy atom. The summed E-state index contributed by atoms with van der Waals surface area (Å²) in [4.78, 5) is 12.5. The number of hydrogen-bond donors (Lipinski definition) is 0. The smallest absolute Gasteiger partial charge is 0.344 e. The number of hydrogen-bond acceptors (Lipinski definition) is 4.